The molecule has 7 heteroatoms. The van der Waals surface area contributed by atoms with E-state index in [2.05, 4.69) is 26.9 Å². The summed E-state index contributed by atoms with van der Waals surface area (Å²) >= 11 is 0. The van der Waals surface area contributed by atoms with Crippen LogP contribution in [0.1, 0.15) is 31.1 Å². The first-order chi connectivity index (χ1) is 14.5. The van der Waals surface area contributed by atoms with Crippen molar-refractivity contribution in [2.75, 3.05) is 7.11 Å². The standard InChI is InChI=1S/C23H22N4O3/c1-4-16-17(14-7-15(9-25-8-14)22(29)13(2)28)11-26-23-21(16)19(12-27-23)18-10-24-6-5-20(18)30-3/h5-12,22,29H,4H2,1-3H3,(H,26,27). The predicted octanol–water partition coefficient (Wildman–Crippen LogP) is 3.88. The maximum absolute atomic E-state index is 11.6. The molecule has 0 aromatic carbocycles. The highest BCUT2D eigenvalue weighted by atomic mass is 16.5. The normalized spacial score (nSPS) is 12.1. The van der Waals surface area contributed by atoms with Gasteiger partial charge >= 0.3 is 0 Å². The number of aromatic amines is 1. The van der Waals surface area contributed by atoms with E-state index in [9.17, 15) is 9.90 Å². The number of nitrogens with zero attached hydrogens (tertiary/aromatic N) is 3. The number of Topliss-reactive ketones (excluding diaryl/α,β-unsaturated/α-hetero) is 1. The van der Waals surface area contributed by atoms with E-state index < -0.39 is 6.10 Å². The van der Waals surface area contributed by atoms with Gasteiger partial charge in [0.15, 0.2) is 5.78 Å². The van der Waals surface area contributed by atoms with Crippen molar-refractivity contribution >= 4 is 16.8 Å². The second-order valence-electron chi connectivity index (χ2n) is 7.03. The van der Waals surface area contributed by atoms with Crippen LogP contribution in [0.2, 0.25) is 0 Å². The van der Waals surface area contributed by atoms with Crippen molar-refractivity contribution in [3.05, 3.63) is 60.4 Å². The van der Waals surface area contributed by atoms with Gasteiger partial charge in [-0.25, -0.2) is 4.98 Å². The summed E-state index contributed by atoms with van der Waals surface area (Å²) in [5, 5.41) is 11.1. The highest BCUT2D eigenvalue weighted by Crippen LogP contribution is 2.39. The fraction of sp³-hybridized carbons (Fsp3) is 0.217. The lowest BCUT2D eigenvalue weighted by molar-refractivity contribution is -0.125. The van der Waals surface area contributed by atoms with Crippen LogP contribution in [-0.2, 0) is 11.2 Å². The summed E-state index contributed by atoms with van der Waals surface area (Å²) < 4.78 is 5.53. The van der Waals surface area contributed by atoms with E-state index in [1.807, 2.05) is 12.3 Å². The minimum atomic E-state index is -1.19. The lowest BCUT2D eigenvalue weighted by Crippen LogP contribution is -2.08. The zero-order chi connectivity index (χ0) is 21.3. The van der Waals surface area contributed by atoms with Crippen LogP contribution in [0, 0.1) is 0 Å². The first-order valence-corrected chi connectivity index (χ1v) is 9.66. The summed E-state index contributed by atoms with van der Waals surface area (Å²) in [6, 6.07) is 3.62. The molecule has 4 aromatic heterocycles. The number of pyridine rings is 3. The third kappa shape index (κ3) is 3.33. The van der Waals surface area contributed by atoms with E-state index in [1.54, 1.807) is 38.0 Å². The van der Waals surface area contributed by atoms with Gasteiger partial charge in [-0.3, -0.25) is 14.8 Å². The second kappa shape index (κ2) is 8.04. The van der Waals surface area contributed by atoms with Gasteiger partial charge in [0.2, 0.25) is 0 Å². The Morgan fingerprint density at radius 3 is 2.73 bits per heavy atom. The number of rotatable bonds is 6. The van der Waals surface area contributed by atoms with Crippen molar-refractivity contribution in [2.24, 2.45) is 0 Å². The number of aliphatic hydroxyl groups is 1. The molecule has 0 saturated heterocycles. The van der Waals surface area contributed by atoms with Gasteiger partial charge in [0.25, 0.3) is 0 Å². The average molecular weight is 402 g/mol. The molecule has 4 heterocycles. The molecule has 152 valence electrons. The van der Waals surface area contributed by atoms with Gasteiger partial charge in [-0.15, -0.1) is 0 Å². The molecule has 0 aliphatic heterocycles. The first-order valence-electron chi connectivity index (χ1n) is 9.66. The topological polar surface area (TPSA) is 101 Å². The molecule has 7 nitrogen and oxygen atoms in total. The van der Waals surface area contributed by atoms with Gasteiger partial charge in [0.05, 0.1) is 7.11 Å². The lowest BCUT2D eigenvalue weighted by Gasteiger charge is -2.13. The highest BCUT2D eigenvalue weighted by Gasteiger charge is 2.19. The predicted molar refractivity (Wildman–Crippen MR) is 114 cm³/mol. The van der Waals surface area contributed by atoms with Crippen LogP contribution in [-0.4, -0.2) is 37.9 Å². The molecule has 0 saturated carbocycles. The molecule has 4 aromatic rings. The van der Waals surface area contributed by atoms with Crippen LogP contribution in [0.4, 0.5) is 0 Å². The average Bonchev–Trinajstić information content (AvgIpc) is 3.22. The Morgan fingerprint density at radius 2 is 2.00 bits per heavy atom. The Bertz CT molecular complexity index is 1230. The van der Waals surface area contributed by atoms with Gasteiger partial charge in [-0.05, 0) is 31.0 Å². The SMILES string of the molecule is CCc1c(-c2cncc(C(O)C(C)=O)c2)cnc2[nH]cc(-c3cnccc3OC)c12. The van der Waals surface area contributed by atoms with Crippen LogP contribution >= 0.6 is 0 Å². The number of aromatic nitrogens is 4. The Hall–Kier alpha value is -3.58. The van der Waals surface area contributed by atoms with Crippen LogP contribution in [0.25, 0.3) is 33.3 Å². The minimum absolute atomic E-state index is 0.324. The monoisotopic (exact) mass is 402 g/mol. The van der Waals surface area contributed by atoms with Gasteiger partial charge in [-0.2, -0.15) is 0 Å². The first kappa shape index (κ1) is 19.7. The number of H-pyrrole nitrogens is 1. The minimum Gasteiger partial charge on any atom is -0.496 e. The smallest absolute Gasteiger partial charge is 0.162 e. The number of hydrogen-bond acceptors (Lipinski definition) is 6. The van der Waals surface area contributed by atoms with Crippen molar-refractivity contribution in [1.29, 1.82) is 0 Å². The van der Waals surface area contributed by atoms with E-state index in [0.717, 1.165) is 51.0 Å². The van der Waals surface area contributed by atoms with Crippen molar-refractivity contribution in [1.82, 2.24) is 19.9 Å². The number of ketones is 1. The van der Waals surface area contributed by atoms with Crippen LogP contribution in [0.3, 0.4) is 0 Å². The summed E-state index contributed by atoms with van der Waals surface area (Å²) in [6.45, 7) is 3.44. The number of carbonyl (C=O) groups excluding carboxylic acids is 1. The summed E-state index contributed by atoms with van der Waals surface area (Å²) in [5.41, 5.74) is 5.84. The third-order valence-corrected chi connectivity index (χ3v) is 5.22. The fourth-order valence-corrected chi connectivity index (χ4v) is 3.74. The molecule has 0 spiro atoms. The van der Waals surface area contributed by atoms with Crippen LogP contribution in [0.15, 0.2) is 49.3 Å². The van der Waals surface area contributed by atoms with Crippen molar-refractivity contribution in [3.8, 4) is 28.0 Å². The number of aryl methyl sites for hydroxylation is 1. The zero-order valence-electron chi connectivity index (χ0n) is 17.0. The van der Waals surface area contributed by atoms with Crippen molar-refractivity contribution in [2.45, 2.75) is 26.4 Å². The van der Waals surface area contributed by atoms with Crippen LogP contribution < -0.4 is 4.74 Å². The molecular formula is C23H22N4O3. The maximum Gasteiger partial charge on any atom is 0.162 e. The van der Waals surface area contributed by atoms with E-state index in [-0.39, 0.29) is 5.78 Å². The Balaban J connectivity index is 1.94. The van der Waals surface area contributed by atoms with E-state index >= 15 is 0 Å². The number of aliphatic hydroxyl groups excluding tert-OH is 1. The molecule has 4 rings (SSSR count). The Morgan fingerprint density at radius 1 is 1.17 bits per heavy atom. The molecule has 30 heavy (non-hydrogen) atoms. The molecule has 0 amide bonds. The highest BCUT2D eigenvalue weighted by molar-refractivity contribution is 6.00. The second-order valence-corrected chi connectivity index (χ2v) is 7.03. The summed E-state index contributed by atoms with van der Waals surface area (Å²) in [7, 11) is 1.63. The number of methoxy groups -OCH3 is 1. The van der Waals surface area contributed by atoms with Gasteiger partial charge in [-0.1, -0.05) is 6.92 Å². The molecule has 2 N–H and O–H groups in total. The number of hydrogen-bond donors (Lipinski definition) is 2. The molecule has 1 unspecified atom stereocenters. The Labute approximate surface area is 173 Å². The van der Waals surface area contributed by atoms with Crippen molar-refractivity contribution < 1.29 is 14.6 Å². The maximum atomic E-state index is 11.6. The third-order valence-electron chi connectivity index (χ3n) is 5.22. The Kier molecular flexibility index (Phi) is 5.29. The summed E-state index contributed by atoms with van der Waals surface area (Å²) in [6.07, 6.45) is 9.96. The molecule has 0 bridgehead atoms. The van der Waals surface area contributed by atoms with E-state index in [1.165, 1.54) is 13.1 Å². The lowest BCUT2D eigenvalue weighted by atomic mass is 9.94. The molecule has 0 aliphatic rings. The van der Waals surface area contributed by atoms with Crippen LogP contribution in [0.5, 0.6) is 5.75 Å². The van der Waals surface area contributed by atoms with Crippen molar-refractivity contribution in [3.63, 3.8) is 0 Å². The molecular weight excluding hydrogens is 380 g/mol. The van der Waals surface area contributed by atoms with Gasteiger partial charge in [0, 0.05) is 70.4 Å². The molecule has 0 fully saturated rings. The number of ether oxygens (including phenoxy) is 1. The largest absolute Gasteiger partial charge is 0.496 e. The van der Waals surface area contributed by atoms with Gasteiger partial charge < -0.3 is 14.8 Å². The molecule has 0 radical (unpaired) electrons. The number of fused-ring (bicyclic) bond motifs is 1. The number of nitrogens with one attached hydrogen (secondary N) is 1. The molecule has 0 aliphatic carbocycles. The van der Waals surface area contributed by atoms with E-state index in [4.69, 9.17) is 4.74 Å². The quantitative estimate of drug-likeness (QED) is 0.508. The van der Waals surface area contributed by atoms with Gasteiger partial charge in [0.1, 0.15) is 17.5 Å². The van der Waals surface area contributed by atoms with E-state index in [0.29, 0.717) is 5.56 Å². The molecule has 1 atom stereocenters. The summed E-state index contributed by atoms with van der Waals surface area (Å²) in [5.74, 6) is 0.404. The summed E-state index contributed by atoms with van der Waals surface area (Å²) in [4.78, 5) is 27.9. The number of carbonyl (C=O) groups is 1. The zero-order valence-corrected chi connectivity index (χ0v) is 17.0. The fourth-order valence-electron chi connectivity index (χ4n) is 3.74.